The summed E-state index contributed by atoms with van der Waals surface area (Å²) in [6, 6.07) is 18.1. The Hall–Kier alpha value is -2.87. The highest BCUT2D eigenvalue weighted by Crippen LogP contribution is 2.35. The summed E-state index contributed by atoms with van der Waals surface area (Å²) in [5.41, 5.74) is 3.00. The van der Waals surface area contributed by atoms with Gasteiger partial charge < -0.3 is 19.3 Å². The molecular formula is C27H35N3O4. The molecule has 7 nitrogen and oxygen atoms in total. The maximum Gasteiger partial charge on any atom is 0.227 e. The number of hydrogen-bond donors (Lipinski definition) is 1. The smallest absolute Gasteiger partial charge is 0.227 e. The number of aryl methyl sites for hydroxylation is 1. The molecule has 0 spiro atoms. The van der Waals surface area contributed by atoms with Gasteiger partial charge in [-0.15, -0.1) is 0 Å². The fourth-order valence-corrected chi connectivity index (χ4v) is 4.09. The van der Waals surface area contributed by atoms with Crippen LogP contribution in [0.15, 0.2) is 54.6 Å². The van der Waals surface area contributed by atoms with Crippen molar-refractivity contribution >= 4 is 0 Å². The molecule has 1 fully saturated rings. The number of aliphatic hydroxyl groups excluding tert-OH is 1. The van der Waals surface area contributed by atoms with Crippen LogP contribution in [0.5, 0.6) is 17.4 Å². The number of aliphatic hydroxyl groups is 1. The molecule has 7 heteroatoms. The van der Waals surface area contributed by atoms with Gasteiger partial charge >= 0.3 is 0 Å². The minimum absolute atomic E-state index is 0.346. The minimum Gasteiger partial charge on any atom is -0.497 e. The minimum atomic E-state index is -0.527. The fourth-order valence-electron chi connectivity index (χ4n) is 4.09. The number of benzene rings is 2. The van der Waals surface area contributed by atoms with Crippen LogP contribution in [-0.2, 0) is 17.7 Å². The molecule has 1 aromatic heterocycles. The third kappa shape index (κ3) is 5.97. The van der Waals surface area contributed by atoms with Gasteiger partial charge in [0, 0.05) is 25.7 Å². The van der Waals surface area contributed by atoms with E-state index < -0.39 is 6.10 Å². The zero-order valence-electron chi connectivity index (χ0n) is 20.3. The first-order chi connectivity index (χ1) is 16.6. The molecule has 0 amide bonds. The zero-order chi connectivity index (χ0) is 23.9. The summed E-state index contributed by atoms with van der Waals surface area (Å²) in [6.07, 6.45) is 2.55. The van der Waals surface area contributed by atoms with Crippen LogP contribution in [0.4, 0.5) is 0 Å². The Labute approximate surface area is 201 Å². The topological polar surface area (TPSA) is 69.0 Å². The Morgan fingerprint density at radius 1 is 1.06 bits per heavy atom. The van der Waals surface area contributed by atoms with Gasteiger partial charge in [-0.2, -0.15) is 5.10 Å². The monoisotopic (exact) mass is 465 g/mol. The average molecular weight is 466 g/mol. The molecule has 0 bridgehead atoms. The highest BCUT2D eigenvalue weighted by atomic mass is 16.5. The first-order valence-corrected chi connectivity index (χ1v) is 12.1. The number of para-hydroxylation sites is 1. The lowest BCUT2D eigenvalue weighted by atomic mass is 10.1. The van der Waals surface area contributed by atoms with Crippen LogP contribution in [0.2, 0.25) is 0 Å². The second kappa shape index (κ2) is 11.5. The van der Waals surface area contributed by atoms with E-state index in [4.69, 9.17) is 19.3 Å². The Kier molecular flexibility index (Phi) is 8.21. The van der Waals surface area contributed by atoms with Crippen LogP contribution >= 0.6 is 0 Å². The van der Waals surface area contributed by atoms with E-state index >= 15 is 0 Å². The van der Waals surface area contributed by atoms with Crippen molar-refractivity contribution in [3.63, 3.8) is 0 Å². The van der Waals surface area contributed by atoms with Gasteiger partial charge in [-0.3, -0.25) is 4.90 Å². The summed E-state index contributed by atoms with van der Waals surface area (Å²) in [5.74, 6) is 2.20. The van der Waals surface area contributed by atoms with Crippen molar-refractivity contribution in [1.29, 1.82) is 0 Å². The lowest BCUT2D eigenvalue weighted by molar-refractivity contribution is 0.0177. The van der Waals surface area contributed by atoms with Gasteiger partial charge in [-0.25, -0.2) is 4.68 Å². The summed E-state index contributed by atoms with van der Waals surface area (Å²) in [6.45, 7) is 6.23. The number of aromatic nitrogens is 2. The Morgan fingerprint density at radius 2 is 1.76 bits per heavy atom. The van der Waals surface area contributed by atoms with Crippen molar-refractivity contribution in [3.05, 3.63) is 65.9 Å². The summed E-state index contributed by atoms with van der Waals surface area (Å²) < 4.78 is 19.1. The van der Waals surface area contributed by atoms with E-state index in [2.05, 4.69) is 11.8 Å². The van der Waals surface area contributed by atoms with Crippen molar-refractivity contribution in [2.75, 3.05) is 26.9 Å². The Morgan fingerprint density at radius 3 is 2.38 bits per heavy atom. The summed E-state index contributed by atoms with van der Waals surface area (Å²) in [5, 5.41) is 15.5. The van der Waals surface area contributed by atoms with Gasteiger partial charge in [0.15, 0.2) is 0 Å². The molecule has 0 radical (unpaired) electrons. The van der Waals surface area contributed by atoms with E-state index in [1.54, 1.807) is 7.11 Å². The van der Waals surface area contributed by atoms with Gasteiger partial charge in [0.1, 0.15) is 11.5 Å². The van der Waals surface area contributed by atoms with E-state index in [0.29, 0.717) is 38.2 Å². The van der Waals surface area contributed by atoms with Crippen molar-refractivity contribution in [2.45, 2.75) is 51.8 Å². The Balaban J connectivity index is 1.68. The normalized spacial score (nSPS) is 14.4. The molecule has 1 saturated carbocycles. The van der Waals surface area contributed by atoms with Crippen LogP contribution < -0.4 is 9.47 Å². The number of ether oxygens (including phenoxy) is 3. The summed E-state index contributed by atoms with van der Waals surface area (Å²) in [4.78, 5) is 2.34. The zero-order valence-corrected chi connectivity index (χ0v) is 20.3. The van der Waals surface area contributed by atoms with Crippen molar-refractivity contribution in [1.82, 2.24) is 14.7 Å². The summed E-state index contributed by atoms with van der Waals surface area (Å²) in [7, 11) is 1.65. The van der Waals surface area contributed by atoms with Crippen LogP contribution in [0.25, 0.3) is 5.69 Å². The quantitative estimate of drug-likeness (QED) is 0.398. The predicted molar refractivity (Wildman–Crippen MR) is 132 cm³/mol. The third-order valence-corrected chi connectivity index (χ3v) is 6.01. The first-order valence-electron chi connectivity index (χ1n) is 12.1. The molecule has 2 aromatic carbocycles. The number of rotatable bonds is 13. The van der Waals surface area contributed by atoms with E-state index in [1.165, 1.54) is 0 Å². The standard InChI is InChI=1S/C27H35N3O4/c1-4-26-25(18-29(20-11-12-20)17-22(31)19-33-5-2)27(30(28-26)21-9-7-6-8-10-21)34-24-15-13-23(32-3)14-16-24/h6-10,13-16,20,22,31H,4-5,11-12,17-19H2,1-3H3/t22-/m0/s1. The molecule has 1 aliphatic rings. The SMILES string of the molecule is CCOC[C@@H](O)CN(Cc1c(CC)nn(-c2ccccc2)c1Oc1ccc(OC)cc1)C1CC1. The second-order valence-corrected chi connectivity index (χ2v) is 8.58. The van der Waals surface area contributed by atoms with Crippen molar-refractivity contribution in [2.24, 2.45) is 0 Å². The summed E-state index contributed by atoms with van der Waals surface area (Å²) >= 11 is 0. The molecule has 3 aromatic rings. The number of hydrogen-bond acceptors (Lipinski definition) is 6. The maximum atomic E-state index is 10.5. The number of nitrogens with zero attached hydrogens (tertiary/aromatic N) is 3. The van der Waals surface area contributed by atoms with Crippen molar-refractivity contribution in [3.8, 4) is 23.1 Å². The maximum absolute atomic E-state index is 10.5. The van der Waals surface area contributed by atoms with Crippen LogP contribution in [0, 0.1) is 0 Å². The van der Waals surface area contributed by atoms with Crippen LogP contribution in [0.1, 0.15) is 37.9 Å². The van der Waals surface area contributed by atoms with Gasteiger partial charge in [-0.05, 0) is 62.6 Å². The molecule has 1 atom stereocenters. The second-order valence-electron chi connectivity index (χ2n) is 8.58. The Bertz CT molecular complexity index is 1030. The molecular weight excluding hydrogens is 430 g/mol. The van der Waals surface area contributed by atoms with Crippen molar-refractivity contribution < 1.29 is 19.3 Å². The first kappa shape index (κ1) is 24.3. The van der Waals surface area contributed by atoms with Gasteiger partial charge in [-0.1, -0.05) is 25.1 Å². The third-order valence-electron chi connectivity index (χ3n) is 6.01. The lowest BCUT2D eigenvalue weighted by Gasteiger charge is -2.25. The van der Waals surface area contributed by atoms with Crippen LogP contribution in [-0.4, -0.2) is 58.8 Å². The number of methoxy groups -OCH3 is 1. The average Bonchev–Trinajstić information content (AvgIpc) is 3.67. The largest absolute Gasteiger partial charge is 0.497 e. The van der Waals surface area contributed by atoms with E-state index in [-0.39, 0.29) is 0 Å². The van der Waals surface area contributed by atoms with E-state index in [9.17, 15) is 5.11 Å². The fraction of sp³-hybridized carbons (Fsp3) is 0.444. The molecule has 0 aliphatic heterocycles. The molecule has 34 heavy (non-hydrogen) atoms. The molecule has 1 N–H and O–H groups in total. The van der Waals surface area contributed by atoms with Gasteiger partial charge in [0.2, 0.25) is 5.88 Å². The molecule has 182 valence electrons. The lowest BCUT2D eigenvalue weighted by Crippen LogP contribution is -2.36. The molecule has 1 aliphatic carbocycles. The van der Waals surface area contributed by atoms with Crippen LogP contribution in [0.3, 0.4) is 0 Å². The predicted octanol–water partition coefficient (Wildman–Crippen LogP) is 4.60. The molecule has 1 heterocycles. The van der Waals surface area contributed by atoms with E-state index in [1.807, 2.05) is 66.2 Å². The van der Waals surface area contributed by atoms with E-state index in [0.717, 1.165) is 47.7 Å². The highest BCUT2D eigenvalue weighted by molar-refractivity contribution is 5.44. The highest BCUT2D eigenvalue weighted by Gasteiger charge is 2.33. The van der Waals surface area contributed by atoms with Gasteiger partial charge in [0.05, 0.1) is 36.8 Å². The molecule has 0 unspecified atom stereocenters. The molecule has 0 saturated heterocycles. The molecule has 4 rings (SSSR count). The van der Waals surface area contributed by atoms with Gasteiger partial charge in [0.25, 0.3) is 0 Å².